The average Bonchev–Trinajstić information content (AvgIpc) is 2.33. The second kappa shape index (κ2) is 6.45. The normalized spacial score (nSPS) is 26.4. The Bertz CT molecular complexity index is 416. The third-order valence-electron chi connectivity index (χ3n) is 4.30. The molecule has 0 spiro atoms. The van der Waals surface area contributed by atoms with Crippen molar-refractivity contribution in [2.75, 3.05) is 19.6 Å². The molecule has 2 rings (SSSR count). The molecule has 0 aromatic heterocycles. The lowest BCUT2D eigenvalue weighted by atomic mass is 9.87. The summed E-state index contributed by atoms with van der Waals surface area (Å²) < 4.78 is 0. The number of likely N-dealkylation sites (tertiary alicyclic amines) is 1. The van der Waals surface area contributed by atoms with E-state index in [0.717, 1.165) is 24.6 Å². The smallest absolute Gasteiger partial charge is 0.0471 e. The summed E-state index contributed by atoms with van der Waals surface area (Å²) in [5.74, 6) is 1.50. The van der Waals surface area contributed by atoms with E-state index in [1.54, 1.807) is 6.07 Å². The van der Waals surface area contributed by atoms with Crippen molar-refractivity contribution in [1.29, 1.82) is 0 Å². The van der Waals surface area contributed by atoms with Crippen molar-refractivity contribution in [3.05, 3.63) is 33.8 Å². The van der Waals surface area contributed by atoms with Crippen LogP contribution >= 0.6 is 23.2 Å². The number of halogens is 2. The van der Waals surface area contributed by atoms with E-state index in [0.29, 0.717) is 22.5 Å². The first kappa shape index (κ1) is 15.1. The first-order valence-corrected chi connectivity index (χ1v) is 7.67. The molecule has 0 saturated carbocycles. The molecule has 1 fully saturated rings. The van der Waals surface area contributed by atoms with Crippen LogP contribution in [0.4, 0.5) is 0 Å². The van der Waals surface area contributed by atoms with Gasteiger partial charge in [0, 0.05) is 29.2 Å². The van der Waals surface area contributed by atoms with Crippen LogP contribution in [0, 0.1) is 11.8 Å². The van der Waals surface area contributed by atoms with Crippen LogP contribution in [0.25, 0.3) is 0 Å². The van der Waals surface area contributed by atoms with E-state index in [1.165, 1.54) is 6.42 Å². The first-order chi connectivity index (χ1) is 9.01. The van der Waals surface area contributed by atoms with Gasteiger partial charge in [0.2, 0.25) is 0 Å². The van der Waals surface area contributed by atoms with Gasteiger partial charge in [-0.25, -0.2) is 0 Å². The zero-order chi connectivity index (χ0) is 14.0. The average molecular weight is 301 g/mol. The summed E-state index contributed by atoms with van der Waals surface area (Å²) in [6, 6.07) is 5.94. The van der Waals surface area contributed by atoms with E-state index in [-0.39, 0.29) is 6.04 Å². The van der Waals surface area contributed by atoms with E-state index in [4.69, 9.17) is 28.9 Å². The minimum atomic E-state index is 0.214. The third kappa shape index (κ3) is 3.63. The van der Waals surface area contributed by atoms with Gasteiger partial charge in [-0.2, -0.15) is 0 Å². The molecular weight excluding hydrogens is 279 g/mol. The van der Waals surface area contributed by atoms with Gasteiger partial charge >= 0.3 is 0 Å². The van der Waals surface area contributed by atoms with E-state index in [1.807, 2.05) is 12.1 Å². The first-order valence-electron chi connectivity index (χ1n) is 6.91. The SMILES string of the molecule is CC1CCN(C(CN)c2cc(Cl)cc(Cl)c2)CC1C. The molecule has 0 amide bonds. The zero-order valence-corrected chi connectivity index (χ0v) is 13.1. The molecule has 0 radical (unpaired) electrons. The van der Waals surface area contributed by atoms with Crippen LogP contribution in [0.5, 0.6) is 0 Å². The molecule has 1 aliphatic heterocycles. The van der Waals surface area contributed by atoms with Crippen LogP contribution in [0.15, 0.2) is 18.2 Å². The van der Waals surface area contributed by atoms with Crippen molar-refractivity contribution >= 4 is 23.2 Å². The van der Waals surface area contributed by atoms with Crippen LogP contribution in [0.2, 0.25) is 10.0 Å². The van der Waals surface area contributed by atoms with Gasteiger partial charge in [-0.3, -0.25) is 4.90 Å². The molecule has 1 heterocycles. The van der Waals surface area contributed by atoms with E-state index in [2.05, 4.69) is 18.7 Å². The van der Waals surface area contributed by atoms with Gasteiger partial charge in [0.15, 0.2) is 0 Å². The number of hydrogen-bond acceptors (Lipinski definition) is 2. The number of rotatable bonds is 3. The molecule has 1 aromatic carbocycles. The molecule has 2 N–H and O–H groups in total. The molecule has 3 atom stereocenters. The van der Waals surface area contributed by atoms with Crippen molar-refractivity contribution in [3.8, 4) is 0 Å². The van der Waals surface area contributed by atoms with Crippen LogP contribution in [0.1, 0.15) is 31.9 Å². The van der Waals surface area contributed by atoms with Crippen LogP contribution in [0.3, 0.4) is 0 Å². The van der Waals surface area contributed by atoms with Crippen molar-refractivity contribution < 1.29 is 0 Å². The summed E-state index contributed by atoms with van der Waals surface area (Å²) in [6.45, 7) is 7.42. The molecule has 2 nitrogen and oxygen atoms in total. The van der Waals surface area contributed by atoms with Gasteiger partial charge < -0.3 is 5.73 Å². The lowest BCUT2D eigenvalue weighted by Crippen LogP contribution is -2.43. The number of nitrogens with two attached hydrogens (primary N) is 1. The molecule has 1 aromatic rings. The zero-order valence-electron chi connectivity index (χ0n) is 11.6. The largest absolute Gasteiger partial charge is 0.329 e. The minimum Gasteiger partial charge on any atom is -0.329 e. The van der Waals surface area contributed by atoms with Crippen LogP contribution < -0.4 is 5.73 Å². The highest BCUT2D eigenvalue weighted by Crippen LogP contribution is 2.31. The van der Waals surface area contributed by atoms with E-state index >= 15 is 0 Å². The molecule has 1 aliphatic rings. The maximum absolute atomic E-state index is 6.10. The predicted octanol–water partition coefficient (Wildman–Crippen LogP) is 3.97. The molecule has 19 heavy (non-hydrogen) atoms. The summed E-state index contributed by atoms with van der Waals surface area (Å²) >= 11 is 12.2. The molecule has 1 saturated heterocycles. The molecule has 0 bridgehead atoms. The van der Waals surface area contributed by atoms with Gasteiger partial charge in [-0.15, -0.1) is 0 Å². The van der Waals surface area contributed by atoms with Crippen molar-refractivity contribution in [2.24, 2.45) is 17.6 Å². The Morgan fingerprint density at radius 2 is 1.84 bits per heavy atom. The van der Waals surface area contributed by atoms with Gasteiger partial charge in [0.25, 0.3) is 0 Å². The van der Waals surface area contributed by atoms with Crippen LogP contribution in [-0.4, -0.2) is 24.5 Å². The number of nitrogens with zero attached hydrogens (tertiary/aromatic N) is 1. The molecular formula is C15H22Cl2N2. The van der Waals surface area contributed by atoms with Crippen molar-refractivity contribution in [3.63, 3.8) is 0 Å². The Morgan fingerprint density at radius 3 is 2.37 bits per heavy atom. The Hall–Kier alpha value is -0.280. The fourth-order valence-corrected chi connectivity index (χ4v) is 3.38. The highest BCUT2D eigenvalue weighted by atomic mass is 35.5. The standard InChI is InChI=1S/C15H22Cl2N2/c1-10-3-4-19(9-11(10)2)15(8-18)12-5-13(16)7-14(17)6-12/h5-7,10-11,15H,3-4,8-9,18H2,1-2H3. The van der Waals surface area contributed by atoms with Gasteiger partial charge in [-0.05, 0) is 48.6 Å². The quantitative estimate of drug-likeness (QED) is 0.915. The van der Waals surface area contributed by atoms with E-state index < -0.39 is 0 Å². The summed E-state index contributed by atoms with van der Waals surface area (Å²) in [6.07, 6.45) is 1.23. The molecule has 0 aliphatic carbocycles. The second-order valence-corrected chi connectivity index (χ2v) is 6.57. The molecule has 3 unspecified atom stereocenters. The Balaban J connectivity index is 2.19. The lowest BCUT2D eigenvalue weighted by molar-refractivity contribution is 0.0983. The number of benzene rings is 1. The molecule has 106 valence electrons. The van der Waals surface area contributed by atoms with Crippen molar-refractivity contribution in [2.45, 2.75) is 26.3 Å². The fraction of sp³-hybridized carbons (Fsp3) is 0.600. The Morgan fingerprint density at radius 1 is 1.21 bits per heavy atom. The van der Waals surface area contributed by atoms with Gasteiger partial charge in [0.1, 0.15) is 0 Å². The molecule has 4 heteroatoms. The number of hydrogen-bond donors (Lipinski definition) is 1. The maximum Gasteiger partial charge on any atom is 0.0471 e. The Labute approximate surface area is 125 Å². The third-order valence-corrected chi connectivity index (χ3v) is 4.74. The monoisotopic (exact) mass is 300 g/mol. The van der Waals surface area contributed by atoms with Crippen LogP contribution in [-0.2, 0) is 0 Å². The highest BCUT2D eigenvalue weighted by molar-refractivity contribution is 6.34. The van der Waals surface area contributed by atoms with Crippen molar-refractivity contribution in [1.82, 2.24) is 4.90 Å². The highest BCUT2D eigenvalue weighted by Gasteiger charge is 2.28. The minimum absolute atomic E-state index is 0.214. The van der Waals surface area contributed by atoms with Gasteiger partial charge in [0.05, 0.1) is 0 Å². The topological polar surface area (TPSA) is 29.3 Å². The second-order valence-electron chi connectivity index (χ2n) is 5.69. The maximum atomic E-state index is 6.10. The summed E-state index contributed by atoms with van der Waals surface area (Å²) in [5, 5.41) is 1.36. The fourth-order valence-electron chi connectivity index (χ4n) is 2.84. The predicted molar refractivity (Wildman–Crippen MR) is 82.8 cm³/mol. The van der Waals surface area contributed by atoms with Gasteiger partial charge in [-0.1, -0.05) is 37.0 Å². The summed E-state index contributed by atoms with van der Waals surface area (Å²) in [7, 11) is 0. The number of piperidine rings is 1. The van der Waals surface area contributed by atoms with E-state index in [9.17, 15) is 0 Å². The summed E-state index contributed by atoms with van der Waals surface area (Å²) in [5.41, 5.74) is 7.11. The lowest BCUT2D eigenvalue weighted by Gasteiger charge is -2.40. The Kier molecular flexibility index (Phi) is 5.13. The summed E-state index contributed by atoms with van der Waals surface area (Å²) in [4.78, 5) is 2.46.